The highest BCUT2D eigenvalue weighted by Gasteiger charge is 2.24. The lowest BCUT2D eigenvalue weighted by molar-refractivity contribution is -0.120. The maximum atomic E-state index is 12.4. The second-order valence-corrected chi connectivity index (χ2v) is 9.06. The van der Waals surface area contributed by atoms with Crippen molar-refractivity contribution in [3.05, 3.63) is 48.5 Å². The van der Waals surface area contributed by atoms with E-state index in [2.05, 4.69) is 5.32 Å². The van der Waals surface area contributed by atoms with E-state index in [0.717, 1.165) is 15.5 Å². The van der Waals surface area contributed by atoms with Gasteiger partial charge in [0.05, 0.1) is 18.5 Å². The van der Waals surface area contributed by atoms with Crippen LogP contribution in [0.2, 0.25) is 0 Å². The van der Waals surface area contributed by atoms with Gasteiger partial charge in [-0.15, -0.1) is 11.8 Å². The maximum Gasteiger partial charge on any atom is 0.240 e. The zero-order valence-electron chi connectivity index (χ0n) is 15.6. The lowest BCUT2D eigenvalue weighted by Crippen LogP contribution is -2.45. The fourth-order valence-corrected chi connectivity index (χ4v) is 4.04. The zero-order chi connectivity index (χ0) is 20.1. The fourth-order valence-electron chi connectivity index (χ4n) is 2.74. The van der Waals surface area contributed by atoms with Crippen LogP contribution in [0.5, 0.6) is 11.5 Å². The molecule has 1 aliphatic heterocycles. The number of hydrogen-bond acceptors (Lipinski definition) is 6. The minimum absolute atomic E-state index is 0.218. The molecule has 1 N–H and O–H groups in total. The molecule has 0 bridgehead atoms. The standard InChI is InChI=1S/C19H22N2O5S2/c1-27-16-7-5-6-14(10-16)21(28(2,23)24)12-19(22)20-11-15-13-25-17-8-3-4-9-18(17)26-15/h3-10,15H,11-13H2,1-2H3,(H,20,22). The number of para-hydroxylation sites is 2. The molecule has 0 aliphatic carbocycles. The molecule has 0 saturated carbocycles. The van der Waals surface area contributed by atoms with Crippen molar-refractivity contribution < 1.29 is 22.7 Å². The van der Waals surface area contributed by atoms with E-state index >= 15 is 0 Å². The molecule has 150 valence electrons. The first kappa shape index (κ1) is 20.3. The number of carbonyl (C=O) groups excluding carboxylic acids is 1. The van der Waals surface area contributed by atoms with E-state index in [-0.39, 0.29) is 19.2 Å². The van der Waals surface area contributed by atoms with Gasteiger partial charge in [0, 0.05) is 4.90 Å². The van der Waals surface area contributed by atoms with Crippen LogP contribution in [-0.4, -0.2) is 52.6 Å². The summed E-state index contributed by atoms with van der Waals surface area (Å²) in [7, 11) is -3.61. The van der Waals surface area contributed by atoms with Crippen LogP contribution in [0.3, 0.4) is 0 Å². The highest BCUT2D eigenvalue weighted by Crippen LogP contribution is 2.30. The molecule has 1 unspecified atom stereocenters. The van der Waals surface area contributed by atoms with Crippen LogP contribution in [0.1, 0.15) is 0 Å². The topological polar surface area (TPSA) is 84.9 Å². The molecule has 1 aliphatic rings. The molecule has 1 heterocycles. The van der Waals surface area contributed by atoms with Crippen LogP contribution in [0.4, 0.5) is 5.69 Å². The molecule has 1 amide bonds. The van der Waals surface area contributed by atoms with Crippen LogP contribution in [0.15, 0.2) is 53.4 Å². The largest absolute Gasteiger partial charge is 0.486 e. The van der Waals surface area contributed by atoms with E-state index in [1.165, 1.54) is 11.8 Å². The number of amides is 1. The van der Waals surface area contributed by atoms with Gasteiger partial charge in [0.15, 0.2) is 11.5 Å². The number of thioether (sulfide) groups is 1. The number of nitrogens with zero attached hydrogens (tertiary/aromatic N) is 1. The van der Waals surface area contributed by atoms with Crippen molar-refractivity contribution in [3.63, 3.8) is 0 Å². The van der Waals surface area contributed by atoms with Gasteiger partial charge in [-0.05, 0) is 36.6 Å². The summed E-state index contributed by atoms with van der Waals surface area (Å²) in [6.45, 7) is 0.222. The summed E-state index contributed by atoms with van der Waals surface area (Å²) in [6.07, 6.45) is 2.65. The predicted molar refractivity (Wildman–Crippen MR) is 110 cm³/mol. The number of rotatable bonds is 7. The predicted octanol–water partition coefficient (Wildman–Crippen LogP) is 2.13. The van der Waals surface area contributed by atoms with Crippen molar-refractivity contribution in [1.82, 2.24) is 5.32 Å². The Bertz CT molecular complexity index is 949. The minimum Gasteiger partial charge on any atom is -0.486 e. The van der Waals surface area contributed by atoms with Crippen molar-refractivity contribution in [3.8, 4) is 11.5 Å². The summed E-state index contributed by atoms with van der Waals surface area (Å²) in [5, 5.41) is 2.73. The van der Waals surface area contributed by atoms with Crippen molar-refractivity contribution >= 4 is 33.4 Å². The summed E-state index contributed by atoms with van der Waals surface area (Å²) in [6, 6.07) is 14.4. The molecule has 0 spiro atoms. The first-order valence-corrected chi connectivity index (χ1v) is 11.7. The third-order valence-electron chi connectivity index (χ3n) is 4.12. The number of carbonyl (C=O) groups is 1. The van der Waals surface area contributed by atoms with E-state index in [0.29, 0.717) is 23.8 Å². The summed E-state index contributed by atoms with van der Waals surface area (Å²) in [5.74, 6) is 0.879. The number of nitrogens with one attached hydrogen (secondary N) is 1. The van der Waals surface area contributed by atoms with Crippen LogP contribution >= 0.6 is 11.8 Å². The van der Waals surface area contributed by atoms with Gasteiger partial charge in [0.25, 0.3) is 0 Å². The zero-order valence-corrected chi connectivity index (χ0v) is 17.3. The Morgan fingerprint density at radius 3 is 2.68 bits per heavy atom. The fraction of sp³-hybridized carbons (Fsp3) is 0.316. The SMILES string of the molecule is CSc1cccc(N(CC(=O)NCC2COc3ccccc3O2)S(C)(=O)=O)c1. The van der Waals surface area contributed by atoms with Crippen molar-refractivity contribution in [1.29, 1.82) is 0 Å². The molecular formula is C19H22N2O5S2. The molecule has 2 aromatic carbocycles. The van der Waals surface area contributed by atoms with Gasteiger partial charge >= 0.3 is 0 Å². The Kier molecular flexibility index (Phi) is 6.35. The lowest BCUT2D eigenvalue weighted by Gasteiger charge is -2.27. The Hall–Kier alpha value is -2.39. The van der Waals surface area contributed by atoms with Gasteiger partial charge < -0.3 is 14.8 Å². The molecule has 9 heteroatoms. The molecule has 1 atom stereocenters. The van der Waals surface area contributed by atoms with Crippen LogP contribution in [0.25, 0.3) is 0 Å². The molecule has 0 fully saturated rings. The highest BCUT2D eigenvalue weighted by atomic mass is 32.2. The monoisotopic (exact) mass is 422 g/mol. The Balaban J connectivity index is 1.62. The van der Waals surface area contributed by atoms with E-state index in [1.54, 1.807) is 24.3 Å². The van der Waals surface area contributed by atoms with Gasteiger partial charge in [-0.2, -0.15) is 0 Å². The molecule has 0 aromatic heterocycles. The number of sulfonamides is 1. The van der Waals surface area contributed by atoms with Crippen molar-refractivity contribution in [2.45, 2.75) is 11.0 Å². The van der Waals surface area contributed by atoms with Gasteiger partial charge in [0.1, 0.15) is 19.3 Å². The lowest BCUT2D eigenvalue weighted by atomic mass is 10.2. The second-order valence-electron chi connectivity index (χ2n) is 6.27. The van der Waals surface area contributed by atoms with Crippen LogP contribution in [0, 0.1) is 0 Å². The Morgan fingerprint density at radius 1 is 1.21 bits per heavy atom. The molecule has 3 rings (SSSR count). The first-order chi connectivity index (χ1) is 13.4. The average Bonchev–Trinajstić information content (AvgIpc) is 2.69. The van der Waals surface area contributed by atoms with Crippen molar-refractivity contribution in [2.24, 2.45) is 0 Å². The number of anilines is 1. The number of benzene rings is 2. The Labute approximate surface area is 169 Å². The third-order valence-corrected chi connectivity index (χ3v) is 5.99. The van der Waals surface area contributed by atoms with E-state index in [4.69, 9.17) is 9.47 Å². The van der Waals surface area contributed by atoms with Crippen LogP contribution < -0.4 is 19.1 Å². The quantitative estimate of drug-likeness (QED) is 0.688. The number of hydrogen-bond donors (Lipinski definition) is 1. The molecular weight excluding hydrogens is 400 g/mol. The molecule has 28 heavy (non-hydrogen) atoms. The summed E-state index contributed by atoms with van der Waals surface area (Å²) in [5.41, 5.74) is 0.454. The van der Waals surface area contributed by atoms with Gasteiger partial charge in [-0.1, -0.05) is 18.2 Å². The molecule has 0 saturated heterocycles. The van der Waals surface area contributed by atoms with E-state index < -0.39 is 15.9 Å². The summed E-state index contributed by atoms with van der Waals surface area (Å²) >= 11 is 1.50. The average molecular weight is 423 g/mol. The minimum atomic E-state index is -3.61. The van der Waals surface area contributed by atoms with Gasteiger partial charge in [-0.3, -0.25) is 9.10 Å². The van der Waals surface area contributed by atoms with Crippen LogP contribution in [-0.2, 0) is 14.8 Å². The van der Waals surface area contributed by atoms with Gasteiger partial charge in [-0.25, -0.2) is 8.42 Å². The summed E-state index contributed by atoms with van der Waals surface area (Å²) in [4.78, 5) is 13.3. The molecule has 0 radical (unpaired) electrons. The highest BCUT2D eigenvalue weighted by molar-refractivity contribution is 7.98. The second kappa shape index (κ2) is 8.74. The first-order valence-electron chi connectivity index (χ1n) is 8.64. The van der Waals surface area contributed by atoms with Gasteiger partial charge in [0.2, 0.25) is 15.9 Å². The van der Waals surface area contributed by atoms with E-state index in [1.807, 2.05) is 30.5 Å². The number of ether oxygens (including phenoxy) is 2. The Morgan fingerprint density at radius 2 is 1.96 bits per heavy atom. The van der Waals surface area contributed by atoms with E-state index in [9.17, 15) is 13.2 Å². The van der Waals surface area contributed by atoms with Crippen molar-refractivity contribution in [2.75, 3.05) is 36.5 Å². The number of fused-ring (bicyclic) bond motifs is 1. The summed E-state index contributed by atoms with van der Waals surface area (Å²) < 4.78 is 36.9. The normalized spacial score (nSPS) is 15.7. The maximum absolute atomic E-state index is 12.4. The smallest absolute Gasteiger partial charge is 0.240 e. The molecule has 2 aromatic rings. The molecule has 7 nitrogen and oxygen atoms in total. The third kappa shape index (κ3) is 5.11.